The van der Waals surface area contributed by atoms with Crippen molar-refractivity contribution in [2.75, 3.05) is 11.9 Å². The molecule has 0 fully saturated rings. The summed E-state index contributed by atoms with van der Waals surface area (Å²) in [4.78, 5) is 14.9. The Balaban J connectivity index is 2.71. The average molecular weight is 216 g/mol. The van der Waals surface area contributed by atoms with Gasteiger partial charge >= 0.3 is 5.97 Å². The number of aliphatic hydroxyl groups is 1. The maximum absolute atomic E-state index is 10.7. The molecule has 0 spiro atoms. The molecule has 0 aliphatic carbocycles. The molecule has 1 aromatic rings. The number of hydrogen-bond acceptors (Lipinski definition) is 5. The number of carboxylic acid groups (broad SMARTS) is 1. The Morgan fingerprint density at radius 3 is 2.79 bits per heavy atom. The second-order valence-electron chi connectivity index (χ2n) is 2.97. The zero-order valence-electron chi connectivity index (χ0n) is 7.94. The van der Waals surface area contributed by atoms with E-state index in [1.807, 2.05) is 0 Å². The second-order valence-corrected chi connectivity index (χ2v) is 3.97. The number of aryl methyl sites for hydroxylation is 1. The molecule has 1 atom stereocenters. The molecule has 0 amide bonds. The topological polar surface area (TPSA) is 82.5 Å². The van der Waals surface area contributed by atoms with E-state index in [4.69, 9.17) is 10.2 Å². The molecule has 0 bridgehead atoms. The molecule has 6 heteroatoms. The van der Waals surface area contributed by atoms with E-state index >= 15 is 0 Å². The number of rotatable bonds is 4. The summed E-state index contributed by atoms with van der Waals surface area (Å²) in [5.74, 6) is -0.968. The molecule has 78 valence electrons. The Bertz CT molecular complexity index is 335. The molecule has 1 rings (SSSR count). The maximum atomic E-state index is 10.7. The molecule has 14 heavy (non-hydrogen) atoms. The van der Waals surface area contributed by atoms with Gasteiger partial charge in [0.25, 0.3) is 0 Å². The number of carboxylic acids is 1. The number of thiazole rings is 1. The summed E-state index contributed by atoms with van der Waals surface area (Å²) in [5, 5.41) is 21.1. The van der Waals surface area contributed by atoms with Crippen LogP contribution in [-0.2, 0) is 0 Å². The number of nitrogens with zero attached hydrogens (tertiary/aromatic N) is 1. The minimum atomic E-state index is -0.968. The maximum Gasteiger partial charge on any atom is 0.347 e. The summed E-state index contributed by atoms with van der Waals surface area (Å²) in [6, 6.07) is 0. The van der Waals surface area contributed by atoms with E-state index in [1.165, 1.54) is 0 Å². The van der Waals surface area contributed by atoms with Gasteiger partial charge in [-0.25, -0.2) is 9.78 Å². The number of aromatic nitrogens is 1. The van der Waals surface area contributed by atoms with Crippen LogP contribution in [0.2, 0.25) is 0 Å². The molecule has 1 unspecified atom stereocenters. The van der Waals surface area contributed by atoms with Crippen molar-refractivity contribution in [3.05, 3.63) is 10.6 Å². The monoisotopic (exact) mass is 216 g/mol. The van der Waals surface area contributed by atoms with Gasteiger partial charge < -0.3 is 15.5 Å². The van der Waals surface area contributed by atoms with Crippen molar-refractivity contribution < 1.29 is 15.0 Å². The average Bonchev–Trinajstić information content (AvgIpc) is 2.43. The first-order chi connectivity index (χ1) is 6.50. The molecular weight excluding hydrogens is 204 g/mol. The third-order valence-electron chi connectivity index (χ3n) is 1.54. The third kappa shape index (κ3) is 2.68. The van der Waals surface area contributed by atoms with Gasteiger partial charge in [0.1, 0.15) is 4.88 Å². The number of hydrogen-bond donors (Lipinski definition) is 3. The van der Waals surface area contributed by atoms with Crippen molar-refractivity contribution in [2.45, 2.75) is 20.0 Å². The first kappa shape index (κ1) is 10.9. The van der Waals surface area contributed by atoms with Gasteiger partial charge in [0.15, 0.2) is 5.13 Å². The lowest BCUT2D eigenvalue weighted by molar-refractivity contribution is 0.0701. The predicted molar refractivity (Wildman–Crippen MR) is 54.0 cm³/mol. The molecule has 5 nitrogen and oxygen atoms in total. The fraction of sp³-hybridized carbons (Fsp3) is 0.500. The Hall–Kier alpha value is -1.14. The zero-order chi connectivity index (χ0) is 10.7. The van der Waals surface area contributed by atoms with Crippen molar-refractivity contribution >= 4 is 22.4 Å². The summed E-state index contributed by atoms with van der Waals surface area (Å²) in [5.41, 5.74) is 0.496. The number of aliphatic hydroxyl groups excluding tert-OH is 1. The largest absolute Gasteiger partial charge is 0.477 e. The molecule has 0 saturated heterocycles. The van der Waals surface area contributed by atoms with Gasteiger partial charge in [-0.2, -0.15) is 0 Å². The van der Waals surface area contributed by atoms with E-state index in [1.54, 1.807) is 13.8 Å². The van der Waals surface area contributed by atoms with Crippen LogP contribution in [-0.4, -0.2) is 33.8 Å². The lowest BCUT2D eigenvalue weighted by Gasteiger charge is -2.03. The fourth-order valence-electron chi connectivity index (χ4n) is 0.905. The Kier molecular flexibility index (Phi) is 3.43. The Labute approximate surface area is 85.4 Å². The van der Waals surface area contributed by atoms with Crippen molar-refractivity contribution in [2.24, 2.45) is 0 Å². The lowest BCUT2D eigenvalue weighted by atomic mass is 10.4. The van der Waals surface area contributed by atoms with E-state index < -0.39 is 12.1 Å². The van der Waals surface area contributed by atoms with Gasteiger partial charge in [0.05, 0.1) is 11.8 Å². The summed E-state index contributed by atoms with van der Waals surface area (Å²) in [6.45, 7) is 3.66. The SMILES string of the molecule is Cc1nc(NCC(C)O)sc1C(=O)O. The minimum absolute atomic E-state index is 0.234. The molecule has 0 aliphatic rings. The molecule has 3 N–H and O–H groups in total. The Morgan fingerprint density at radius 1 is 1.71 bits per heavy atom. The smallest absolute Gasteiger partial charge is 0.347 e. The van der Waals surface area contributed by atoms with Crippen LogP contribution < -0.4 is 5.32 Å². The van der Waals surface area contributed by atoms with Gasteiger partial charge in [-0.05, 0) is 13.8 Å². The van der Waals surface area contributed by atoms with Crippen molar-refractivity contribution in [1.29, 1.82) is 0 Å². The van der Waals surface area contributed by atoms with Gasteiger partial charge in [-0.3, -0.25) is 0 Å². The first-order valence-corrected chi connectivity index (χ1v) is 4.95. The number of carbonyl (C=O) groups is 1. The fourth-order valence-corrected chi connectivity index (χ4v) is 1.72. The first-order valence-electron chi connectivity index (χ1n) is 4.13. The zero-order valence-corrected chi connectivity index (χ0v) is 8.76. The van der Waals surface area contributed by atoms with Crippen molar-refractivity contribution in [1.82, 2.24) is 4.98 Å². The second kappa shape index (κ2) is 4.39. The van der Waals surface area contributed by atoms with E-state index in [2.05, 4.69) is 10.3 Å². The molecule has 1 heterocycles. The van der Waals surface area contributed by atoms with Crippen LogP contribution in [0.3, 0.4) is 0 Å². The van der Waals surface area contributed by atoms with Crippen LogP contribution in [0.1, 0.15) is 22.3 Å². The quantitative estimate of drug-likeness (QED) is 0.697. The van der Waals surface area contributed by atoms with Crippen LogP contribution in [0.5, 0.6) is 0 Å². The molecule has 0 radical (unpaired) electrons. The van der Waals surface area contributed by atoms with E-state index in [0.29, 0.717) is 17.4 Å². The van der Waals surface area contributed by atoms with Gasteiger partial charge in [-0.15, -0.1) is 0 Å². The standard InChI is InChI=1S/C8H12N2O3S/c1-4(11)3-9-8-10-5(2)6(14-8)7(12)13/h4,11H,3H2,1-2H3,(H,9,10)(H,12,13). The van der Waals surface area contributed by atoms with Gasteiger partial charge in [0.2, 0.25) is 0 Å². The molecule has 1 aromatic heterocycles. The molecule has 0 aliphatic heterocycles. The molecule has 0 aromatic carbocycles. The molecular formula is C8H12N2O3S. The highest BCUT2D eigenvalue weighted by molar-refractivity contribution is 7.17. The van der Waals surface area contributed by atoms with E-state index in [-0.39, 0.29) is 4.88 Å². The van der Waals surface area contributed by atoms with Gasteiger partial charge in [-0.1, -0.05) is 11.3 Å². The highest BCUT2D eigenvalue weighted by Crippen LogP contribution is 2.22. The lowest BCUT2D eigenvalue weighted by Crippen LogP contribution is -2.14. The van der Waals surface area contributed by atoms with Crippen LogP contribution in [0.15, 0.2) is 0 Å². The van der Waals surface area contributed by atoms with Crippen LogP contribution >= 0.6 is 11.3 Å². The number of anilines is 1. The normalized spacial score (nSPS) is 12.5. The van der Waals surface area contributed by atoms with Crippen LogP contribution in [0.4, 0.5) is 5.13 Å². The molecule has 0 saturated carbocycles. The highest BCUT2D eigenvalue weighted by Gasteiger charge is 2.13. The van der Waals surface area contributed by atoms with Crippen molar-refractivity contribution in [3.63, 3.8) is 0 Å². The van der Waals surface area contributed by atoms with E-state index in [0.717, 1.165) is 11.3 Å². The van der Waals surface area contributed by atoms with E-state index in [9.17, 15) is 4.79 Å². The van der Waals surface area contributed by atoms with Crippen LogP contribution in [0, 0.1) is 6.92 Å². The summed E-state index contributed by atoms with van der Waals surface area (Å²) in [7, 11) is 0. The summed E-state index contributed by atoms with van der Waals surface area (Å²) in [6.07, 6.45) is -0.479. The van der Waals surface area contributed by atoms with Crippen LogP contribution in [0.25, 0.3) is 0 Å². The highest BCUT2D eigenvalue weighted by atomic mass is 32.1. The summed E-state index contributed by atoms with van der Waals surface area (Å²) >= 11 is 1.08. The van der Waals surface area contributed by atoms with Crippen molar-refractivity contribution in [3.8, 4) is 0 Å². The predicted octanol–water partition coefficient (Wildman–Crippen LogP) is 0.942. The third-order valence-corrected chi connectivity index (χ3v) is 2.64. The summed E-state index contributed by atoms with van der Waals surface area (Å²) < 4.78 is 0. The van der Waals surface area contributed by atoms with Gasteiger partial charge in [0, 0.05) is 6.54 Å². The number of nitrogens with one attached hydrogen (secondary N) is 1. The number of aromatic carboxylic acids is 1. The minimum Gasteiger partial charge on any atom is -0.477 e. The Morgan fingerprint density at radius 2 is 2.36 bits per heavy atom.